The number of aryl methyl sites for hydroxylation is 1. The summed E-state index contributed by atoms with van der Waals surface area (Å²) in [6.45, 7) is 29.7. The van der Waals surface area contributed by atoms with E-state index in [2.05, 4.69) is 46.4 Å². The number of ether oxygens (including phenoxy) is 3. The number of rotatable bonds is 8. The molecule has 2 fully saturated rings. The summed E-state index contributed by atoms with van der Waals surface area (Å²) in [5, 5.41) is 0. The summed E-state index contributed by atoms with van der Waals surface area (Å²) >= 11 is 0. The highest BCUT2D eigenvalue weighted by molar-refractivity contribution is 5.66. The Labute approximate surface area is 244 Å². The highest BCUT2D eigenvalue weighted by Gasteiger charge is 2.16. The molecule has 2 aliphatic heterocycles. The van der Waals surface area contributed by atoms with E-state index >= 15 is 0 Å². The van der Waals surface area contributed by atoms with Crippen molar-refractivity contribution in [3.8, 4) is 0 Å². The van der Waals surface area contributed by atoms with Crippen molar-refractivity contribution < 1.29 is 27.8 Å². The molecule has 2 aliphatic rings. The maximum absolute atomic E-state index is 10.6. The third-order valence-electron chi connectivity index (χ3n) is 7.06. The maximum Gasteiger partial charge on any atom is 0.519 e. The molecule has 1 atom stereocenters. The van der Waals surface area contributed by atoms with Gasteiger partial charge in [-0.1, -0.05) is 55.4 Å². The van der Waals surface area contributed by atoms with Gasteiger partial charge in [0.2, 0.25) is 0 Å². The Balaban J connectivity index is 0.000000510. The number of morpholine rings is 1. The van der Waals surface area contributed by atoms with E-state index in [1.54, 1.807) is 6.92 Å². The first-order chi connectivity index (χ1) is 18.7. The van der Waals surface area contributed by atoms with Crippen molar-refractivity contribution >= 4 is 5.97 Å². The SMILES string of the molecule is CC(=O)OC(C)C(C)C.CC(C)C1CCOCC1.CC(C)CCN1CCOCC1.Cc1oc(=O)oc1CC(C)C. The van der Waals surface area contributed by atoms with Gasteiger partial charge in [-0.15, -0.1) is 0 Å². The highest BCUT2D eigenvalue weighted by Crippen LogP contribution is 2.22. The lowest BCUT2D eigenvalue weighted by atomic mass is 9.89. The zero-order valence-corrected chi connectivity index (χ0v) is 27.5. The smallest absolute Gasteiger partial charge is 0.463 e. The summed E-state index contributed by atoms with van der Waals surface area (Å²) in [5.74, 6) is 3.98. The van der Waals surface area contributed by atoms with Crippen LogP contribution < -0.4 is 5.82 Å². The number of esters is 1. The molecule has 0 saturated carbocycles. The monoisotopic (exact) mass is 571 g/mol. The molecule has 0 aromatic carbocycles. The van der Waals surface area contributed by atoms with Gasteiger partial charge in [-0.3, -0.25) is 9.69 Å². The predicted octanol–water partition coefficient (Wildman–Crippen LogP) is 6.77. The third kappa shape index (κ3) is 20.3. The molecule has 0 aliphatic carbocycles. The van der Waals surface area contributed by atoms with Gasteiger partial charge in [0, 0.05) is 39.6 Å². The van der Waals surface area contributed by atoms with Gasteiger partial charge in [-0.05, 0) is 69.2 Å². The molecular weight excluding hydrogens is 510 g/mol. The first-order valence-electron chi connectivity index (χ1n) is 15.4. The lowest BCUT2D eigenvalue weighted by molar-refractivity contribution is -0.147. The van der Waals surface area contributed by atoms with Crippen LogP contribution in [0.1, 0.15) is 100 Å². The third-order valence-corrected chi connectivity index (χ3v) is 7.06. The molecule has 0 N–H and O–H groups in total. The van der Waals surface area contributed by atoms with Gasteiger partial charge in [0.05, 0.1) is 13.2 Å². The molecule has 3 heterocycles. The average Bonchev–Trinajstić information content (AvgIpc) is 3.20. The van der Waals surface area contributed by atoms with Crippen LogP contribution in [0, 0.1) is 36.5 Å². The van der Waals surface area contributed by atoms with Crippen LogP contribution in [0.3, 0.4) is 0 Å². The lowest BCUT2D eigenvalue weighted by Crippen LogP contribution is -2.37. The molecular formula is C32H61NO7. The Kier molecular flexibility index (Phi) is 21.1. The van der Waals surface area contributed by atoms with Gasteiger partial charge in [-0.25, -0.2) is 4.79 Å². The van der Waals surface area contributed by atoms with E-state index in [0.29, 0.717) is 23.4 Å². The molecule has 40 heavy (non-hydrogen) atoms. The van der Waals surface area contributed by atoms with Crippen molar-refractivity contribution in [1.82, 2.24) is 4.90 Å². The zero-order valence-electron chi connectivity index (χ0n) is 27.5. The van der Waals surface area contributed by atoms with E-state index in [-0.39, 0.29) is 12.1 Å². The molecule has 8 heteroatoms. The number of carbonyl (C=O) groups excluding carboxylic acids is 1. The Morgan fingerprint density at radius 2 is 1.43 bits per heavy atom. The average molecular weight is 572 g/mol. The summed E-state index contributed by atoms with van der Waals surface area (Å²) in [7, 11) is 0. The number of hydrogen-bond acceptors (Lipinski definition) is 8. The van der Waals surface area contributed by atoms with Crippen molar-refractivity contribution in [1.29, 1.82) is 0 Å². The number of hydrogen-bond donors (Lipinski definition) is 0. The van der Waals surface area contributed by atoms with Crippen LogP contribution in [0.5, 0.6) is 0 Å². The van der Waals surface area contributed by atoms with E-state index in [9.17, 15) is 9.59 Å². The molecule has 0 radical (unpaired) electrons. The predicted molar refractivity (Wildman–Crippen MR) is 162 cm³/mol. The van der Waals surface area contributed by atoms with Gasteiger partial charge >= 0.3 is 11.8 Å². The standard InChI is InChI=1S/C9H19NO.C8H12O3.C8H16O.C7H14O2/c1-9(2)3-4-10-5-7-11-8-6-10;1-5(2)4-7-6(3)10-8(9)11-7;1-7(2)8-3-5-9-6-4-8;1-5(2)6(3)9-7(4)8/h9H,3-8H2,1-2H3;5H,4H2,1-3H3;7-8H,3-6H2,1-2H3;5-6H,1-4H3. The number of carbonyl (C=O) groups is 1. The normalized spacial score (nSPS) is 17.0. The van der Waals surface area contributed by atoms with Crippen LogP contribution in [0.4, 0.5) is 0 Å². The van der Waals surface area contributed by atoms with Crippen molar-refractivity contribution in [2.24, 2.45) is 29.6 Å². The quantitative estimate of drug-likeness (QED) is 0.316. The highest BCUT2D eigenvalue weighted by atomic mass is 16.6. The van der Waals surface area contributed by atoms with Crippen LogP contribution in [-0.2, 0) is 25.4 Å². The summed E-state index contributed by atoms with van der Waals surface area (Å²) < 4.78 is 24.9. The zero-order chi connectivity index (χ0) is 30.7. The van der Waals surface area contributed by atoms with Gasteiger partial charge in [0.25, 0.3) is 0 Å². The number of nitrogens with zero attached hydrogens (tertiary/aromatic N) is 1. The fourth-order valence-electron chi connectivity index (χ4n) is 3.98. The second-order valence-corrected chi connectivity index (χ2v) is 12.4. The molecule has 8 nitrogen and oxygen atoms in total. The topological polar surface area (TPSA) is 91.4 Å². The van der Waals surface area contributed by atoms with E-state index in [1.165, 1.54) is 32.7 Å². The van der Waals surface area contributed by atoms with Crippen molar-refractivity contribution in [3.63, 3.8) is 0 Å². The van der Waals surface area contributed by atoms with Crippen LogP contribution in [0.25, 0.3) is 0 Å². The van der Waals surface area contributed by atoms with Crippen molar-refractivity contribution in [3.05, 3.63) is 22.1 Å². The first-order valence-corrected chi connectivity index (χ1v) is 15.4. The molecule has 2 saturated heterocycles. The van der Waals surface area contributed by atoms with Crippen LogP contribution in [0.2, 0.25) is 0 Å². The Morgan fingerprint density at radius 3 is 1.77 bits per heavy atom. The summed E-state index contributed by atoms with van der Waals surface area (Å²) in [5.41, 5.74) is 0. The fourth-order valence-corrected chi connectivity index (χ4v) is 3.98. The minimum Gasteiger partial charge on any atom is -0.463 e. The molecule has 0 bridgehead atoms. The molecule has 1 aromatic rings. The van der Waals surface area contributed by atoms with Crippen LogP contribution >= 0.6 is 0 Å². The van der Waals surface area contributed by atoms with Gasteiger partial charge in [0.1, 0.15) is 17.6 Å². The van der Waals surface area contributed by atoms with E-state index in [4.69, 9.17) is 23.0 Å². The van der Waals surface area contributed by atoms with Crippen LogP contribution in [-0.4, -0.2) is 63.0 Å². The fraction of sp³-hybridized carbons (Fsp3) is 0.875. The summed E-state index contributed by atoms with van der Waals surface area (Å²) in [6, 6.07) is 0. The molecule has 1 unspecified atom stereocenters. The Bertz CT molecular complexity index is 800. The van der Waals surface area contributed by atoms with Crippen LogP contribution in [0.15, 0.2) is 13.6 Å². The van der Waals surface area contributed by atoms with E-state index in [1.807, 2.05) is 20.8 Å². The van der Waals surface area contributed by atoms with Crippen molar-refractivity contribution in [2.75, 3.05) is 46.1 Å². The molecule has 0 spiro atoms. The van der Waals surface area contributed by atoms with E-state index < -0.39 is 5.82 Å². The maximum atomic E-state index is 10.6. The molecule has 3 rings (SSSR count). The van der Waals surface area contributed by atoms with Gasteiger partial charge < -0.3 is 23.0 Å². The first kappa shape index (κ1) is 38.4. The lowest BCUT2D eigenvalue weighted by Gasteiger charge is -2.26. The van der Waals surface area contributed by atoms with Gasteiger partial charge in [0.15, 0.2) is 0 Å². The summed E-state index contributed by atoms with van der Waals surface area (Å²) in [4.78, 5) is 23.4. The van der Waals surface area contributed by atoms with E-state index in [0.717, 1.165) is 63.7 Å². The van der Waals surface area contributed by atoms with Gasteiger partial charge in [-0.2, -0.15) is 0 Å². The Hall–Kier alpha value is -1.64. The Morgan fingerprint density at radius 1 is 0.875 bits per heavy atom. The minimum absolute atomic E-state index is 0.0440. The second-order valence-electron chi connectivity index (χ2n) is 12.4. The second kappa shape index (κ2) is 22.0. The largest absolute Gasteiger partial charge is 0.519 e. The van der Waals surface area contributed by atoms with Crippen molar-refractivity contribution in [2.45, 2.75) is 108 Å². The molecule has 0 amide bonds. The molecule has 1 aromatic heterocycles. The minimum atomic E-state index is -0.599. The molecule has 236 valence electrons. The summed E-state index contributed by atoms with van der Waals surface area (Å²) in [6.07, 6.45) is 4.68.